The number of anilines is 1. The zero-order chi connectivity index (χ0) is 17.4. The maximum atomic E-state index is 12.0. The van der Waals surface area contributed by atoms with E-state index in [1.165, 1.54) is 6.20 Å². The molecule has 0 bridgehead atoms. The summed E-state index contributed by atoms with van der Waals surface area (Å²) in [6.45, 7) is 4.47. The fraction of sp³-hybridized carbons (Fsp3) is 0.211. The lowest BCUT2D eigenvalue weighted by Crippen LogP contribution is -2.20. The molecule has 24 heavy (non-hydrogen) atoms. The van der Waals surface area contributed by atoms with Crippen molar-refractivity contribution >= 4 is 17.5 Å². The first-order valence-electron chi connectivity index (χ1n) is 7.81. The van der Waals surface area contributed by atoms with Crippen LogP contribution in [0.5, 0.6) is 0 Å². The molecule has 1 heterocycles. The molecule has 5 nitrogen and oxygen atoms in total. The Morgan fingerprint density at radius 1 is 1.17 bits per heavy atom. The van der Waals surface area contributed by atoms with Gasteiger partial charge in [0.1, 0.15) is 0 Å². The lowest BCUT2D eigenvalue weighted by molar-refractivity contribution is -0.116. The van der Waals surface area contributed by atoms with Gasteiger partial charge in [0, 0.05) is 24.6 Å². The van der Waals surface area contributed by atoms with E-state index in [9.17, 15) is 9.59 Å². The van der Waals surface area contributed by atoms with E-state index in [2.05, 4.69) is 15.6 Å². The number of nitrogens with one attached hydrogen (secondary N) is 2. The van der Waals surface area contributed by atoms with E-state index in [4.69, 9.17) is 0 Å². The molecule has 0 saturated heterocycles. The van der Waals surface area contributed by atoms with Gasteiger partial charge in [-0.15, -0.1) is 0 Å². The number of carbonyl (C=O) groups is 2. The van der Waals surface area contributed by atoms with Gasteiger partial charge >= 0.3 is 0 Å². The second-order valence-corrected chi connectivity index (χ2v) is 5.71. The SMILES string of the molecule is CC(C)/C=C/C(=O)NCc1ccc(NC(=O)c2cccnc2)cc1. The third-order valence-electron chi connectivity index (χ3n) is 3.23. The minimum Gasteiger partial charge on any atom is -0.348 e. The molecule has 0 fully saturated rings. The predicted molar refractivity (Wildman–Crippen MR) is 94.5 cm³/mol. The van der Waals surface area contributed by atoms with E-state index in [-0.39, 0.29) is 11.8 Å². The van der Waals surface area contributed by atoms with Crippen LogP contribution in [0.3, 0.4) is 0 Å². The van der Waals surface area contributed by atoms with Crippen molar-refractivity contribution in [2.45, 2.75) is 20.4 Å². The molecule has 124 valence electrons. The first-order chi connectivity index (χ1) is 11.5. The summed E-state index contributed by atoms with van der Waals surface area (Å²) in [4.78, 5) is 27.6. The number of amides is 2. The molecular formula is C19H21N3O2. The van der Waals surface area contributed by atoms with Crippen LogP contribution in [0.15, 0.2) is 60.9 Å². The van der Waals surface area contributed by atoms with Crippen molar-refractivity contribution in [3.63, 3.8) is 0 Å². The van der Waals surface area contributed by atoms with Gasteiger partial charge in [0.25, 0.3) is 5.91 Å². The Morgan fingerprint density at radius 2 is 1.92 bits per heavy atom. The first kappa shape index (κ1) is 17.4. The molecule has 2 N–H and O–H groups in total. The highest BCUT2D eigenvalue weighted by atomic mass is 16.2. The molecule has 2 amide bonds. The largest absolute Gasteiger partial charge is 0.348 e. The van der Waals surface area contributed by atoms with Gasteiger partial charge in [0.2, 0.25) is 5.91 Å². The first-order valence-corrected chi connectivity index (χ1v) is 7.81. The molecule has 0 aliphatic heterocycles. The average Bonchev–Trinajstić information content (AvgIpc) is 2.60. The van der Waals surface area contributed by atoms with Gasteiger partial charge in [-0.2, -0.15) is 0 Å². The summed E-state index contributed by atoms with van der Waals surface area (Å²) in [5.41, 5.74) is 2.16. The monoisotopic (exact) mass is 323 g/mol. The summed E-state index contributed by atoms with van der Waals surface area (Å²) in [5.74, 6) is 0.0269. The van der Waals surface area contributed by atoms with E-state index in [1.54, 1.807) is 36.5 Å². The minimum atomic E-state index is -0.206. The lowest BCUT2D eigenvalue weighted by atomic mass is 10.2. The number of rotatable bonds is 6. The number of aromatic nitrogens is 1. The Balaban J connectivity index is 1.87. The molecular weight excluding hydrogens is 302 g/mol. The molecule has 0 aliphatic rings. The average molecular weight is 323 g/mol. The van der Waals surface area contributed by atoms with E-state index in [0.29, 0.717) is 23.7 Å². The van der Waals surface area contributed by atoms with Crippen molar-refractivity contribution in [1.82, 2.24) is 10.3 Å². The number of pyridine rings is 1. The molecule has 2 rings (SSSR count). The van der Waals surface area contributed by atoms with Crippen molar-refractivity contribution in [2.75, 3.05) is 5.32 Å². The maximum Gasteiger partial charge on any atom is 0.257 e. The van der Waals surface area contributed by atoms with Gasteiger partial charge in [0.15, 0.2) is 0 Å². The Kier molecular flexibility index (Phi) is 6.25. The third-order valence-corrected chi connectivity index (χ3v) is 3.23. The van der Waals surface area contributed by atoms with Crippen LogP contribution in [0.4, 0.5) is 5.69 Å². The van der Waals surface area contributed by atoms with Crippen molar-refractivity contribution < 1.29 is 9.59 Å². The normalized spacial score (nSPS) is 10.8. The van der Waals surface area contributed by atoms with Crippen molar-refractivity contribution in [1.29, 1.82) is 0 Å². The molecule has 0 radical (unpaired) electrons. The summed E-state index contributed by atoms with van der Waals surface area (Å²) >= 11 is 0. The number of allylic oxidation sites excluding steroid dienone is 1. The molecule has 1 aromatic carbocycles. The highest BCUT2D eigenvalue weighted by molar-refractivity contribution is 6.04. The Morgan fingerprint density at radius 3 is 2.54 bits per heavy atom. The lowest BCUT2D eigenvalue weighted by Gasteiger charge is -2.07. The Hall–Kier alpha value is -2.95. The number of hydrogen-bond acceptors (Lipinski definition) is 3. The molecule has 0 atom stereocenters. The Labute approximate surface area is 141 Å². The van der Waals surface area contributed by atoms with Gasteiger partial charge < -0.3 is 10.6 Å². The van der Waals surface area contributed by atoms with Crippen LogP contribution in [-0.2, 0) is 11.3 Å². The Bertz CT molecular complexity index is 707. The van der Waals surface area contributed by atoms with Gasteiger partial charge in [-0.1, -0.05) is 32.1 Å². The standard InChI is InChI=1S/C19H21N3O2/c1-14(2)5-10-18(23)21-12-15-6-8-17(9-7-15)22-19(24)16-4-3-11-20-13-16/h3-11,13-14H,12H2,1-2H3,(H,21,23)(H,22,24)/b10-5+. The predicted octanol–water partition coefficient (Wildman–Crippen LogP) is 3.16. The second-order valence-electron chi connectivity index (χ2n) is 5.71. The smallest absolute Gasteiger partial charge is 0.257 e. The highest BCUT2D eigenvalue weighted by Crippen LogP contribution is 2.11. The van der Waals surface area contributed by atoms with Gasteiger partial charge in [-0.25, -0.2) is 0 Å². The summed E-state index contributed by atoms with van der Waals surface area (Å²) < 4.78 is 0. The topological polar surface area (TPSA) is 71.1 Å². The van der Waals surface area contributed by atoms with Crippen LogP contribution in [0.2, 0.25) is 0 Å². The van der Waals surface area contributed by atoms with Gasteiger partial charge in [-0.05, 0) is 41.8 Å². The molecule has 0 saturated carbocycles. The van der Waals surface area contributed by atoms with Crippen LogP contribution in [0.1, 0.15) is 29.8 Å². The molecule has 0 spiro atoms. The maximum absolute atomic E-state index is 12.0. The van der Waals surface area contributed by atoms with Crippen LogP contribution in [-0.4, -0.2) is 16.8 Å². The van der Waals surface area contributed by atoms with Crippen LogP contribution in [0.25, 0.3) is 0 Å². The van der Waals surface area contributed by atoms with Crippen molar-refractivity contribution in [2.24, 2.45) is 5.92 Å². The van der Waals surface area contributed by atoms with E-state index < -0.39 is 0 Å². The van der Waals surface area contributed by atoms with E-state index >= 15 is 0 Å². The van der Waals surface area contributed by atoms with Crippen LogP contribution >= 0.6 is 0 Å². The summed E-state index contributed by atoms with van der Waals surface area (Å²) in [6, 6.07) is 10.8. The zero-order valence-corrected chi connectivity index (χ0v) is 13.8. The molecule has 0 unspecified atom stereocenters. The summed E-state index contributed by atoms with van der Waals surface area (Å²) in [5, 5.41) is 5.62. The fourth-order valence-electron chi connectivity index (χ4n) is 1.93. The molecule has 0 aliphatic carbocycles. The third kappa shape index (κ3) is 5.68. The molecule has 2 aromatic rings. The van der Waals surface area contributed by atoms with E-state index in [0.717, 1.165) is 5.56 Å². The summed E-state index contributed by atoms with van der Waals surface area (Å²) in [7, 11) is 0. The highest BCUT2D eigenvalue weighted by Gasteiger charge is 2.05. The van der Waals surface area contributed by atoms with Crippen LogP contribution in [0, 0.1) is 5.92 Å². The number of nitrogens with zero attached hydrogens (tertiary/aromatic N) is 1. The number of benzene rings is 1. The van der Waals surface area contributed by atoms with Crippen molar-refractivity contribution in [3.8, 4) is 0 Å². The quantitative estimate of drug-likeness (QED) is 0.802. The fourth-order valence-corrected chi connectivity index (χ4v) is 1.93. The minimum absolute atomic E-state index is 0.113. The summed E-state index contributed by atoms with van der Waals surface area (Å²) in [6.07, 6.45) is 6.54. The number of hydrogen-bond donors (Lipinski definition) is 2. The van der Waals surface area contributed by atoms with Gasteiger partial charge in [0.05, 0.1) is 5.56 Å². The molecule has 1 aromatic heterocycles. The van der Waals surface area contributed by atoms with Crippen molar-refractivity contribution in [3.05, 3.63) is 72.1 Å². The van der Waals surface area contributed by atoms with Crippen LogP contribution < -0.4 is 10.6 Å². The molecule has 5 heteroatoms. The number of carbonyl (C=O) groups excluding carboxylic acids is 2. The zero-order valence-electron chi connectivity index (χ0n) is 13.8. The van der Waals surface area contributed by atoms with Gasteiger partial charge in [-0.3, -0.25) is 14.6 Å². The van der Waals surface area contributed by atoms with E-state index in [1.807, 2.05) is 32.1 Å². The second kappa shape index (κ2) is 8.62.